The van der Waals surface area contributed by atoms with Crippen LogP contribution in [0.5, 0.6) is 0 Å². The van der Waals surface area contributed by atoms with Crippen molar-refractivity contribution < 1.29 is 19.4 Å². The number of carbonyl (C=O) groups excluding carboxylic acids is 2. The van der Waals surface area contributed by atoms with Crippen LogP contribution >= 0.6 is 22.6 Å². The fourth-order valence-electron chi connectivity index (χ4n) is 1.07. The summed E-state index contributed by atoms with van der Waals surface area (Å²) in [7, 11) is 0. The maximum atomic E-state index is 11.2. The number of ketones is 1. The van der Waals surface area contributed by atoms with Crippen LogP contribution in [0, 0.1) is 0 Å². The number of hydrogen-bond acceptors (Lipinski definition) is 4. The van der Waals surface area contributed by atoms with Crippen LogP contribution in [0.1, 0.15) is 32.6 Å². The number of esters is 1. The lowest BCUT2D eigenvalue weighted by atomic mass is 10.1. The van der Waals surface area contributed by atoms with E-state index in [0.717, 1.165) is 0 Å². The van der Waals surface area contributed by atoms with Crippen molar-refractivity contribution >= 4 is 34.3 Å². The highest BCUT2D eigenvalue weighted by molar-refractivity contribution is 14.1. The zero-order chi connectivity index (χ0) is 11.7. The molecule has 0 aliphatic carbocycles. The minimum absolute atomic E-state index is 0.117. The summed E-state index contributed by atoms with van der Waals surface area (Å²) in [6.07, 6.45) is 1.08. The van der Waals surface area contributed by atoms with E-state index < -0.39 is 5.97 Å². The molecular formula is C10H17IO4. The van der Waals surface area contributed by atoms with E-state index in [9.17, 15) is 14.7 Å². The van der Waals surface area contributed by atoms with Gasteiger partial charge in [0.2, 0.25) is 0 Å². The Morgan fingerprint density at radius 3 is 2.67 bits per heavy atom. The second kappa shape index (κ2) is 9.08. The summed E-state index contributed by atoms with van der Waals surface area (Å²) >= 11 is 2.09. The Labute approximate surface area is 104 Å². The van der Waals surface area contributed by atoms with Gasteiger partial charge in [-0.1, -0.05) is 22.6 Å². The molecule has 0 spiro atoms. The number of rotatable bonds is 8. The summed E-state index contributed by atoms with van der Waals surface area (Å²) < 4.78 is 5.32. The van der Waals surface area contributed by atoms with Gasteiger partial charge in [0.15, 0.2) is 0 Å². The van der Waals surface area contributed by atoms with Crippen LogP contribution in [0.2, 0.25) is 0 Å². The summed E-state index contributed by atoms with van der Waals surface area (Å²) in [6.45, 7) is 2.01. The molecule has 1 N–H and O–H groups in total. The maximum Gasteiger partial charge on any atom is 0.313 e. The Hall–Kier alpha value is -0.170. The molecular weight excluding hydrogens is 311 g/mol. The van der Waals surface area contributed by atoms with Crippen LogP contribution in [0.4, 0.5) is 0 Å². The van der Waals surface area contributed by atoms with E-state index in [1.54, 1.807) is 6.92 Å². The van der Waals surface area contributed by atoms with Gasteiger partial charge in [-0.3, -0.25) is 9.59 Å². The van der Waals surface area contributed by atoms with Crippen LogP contribution in [-0.2, 0) is 14.3 Å². The first kappa shape index (κ1) is 14.8. The predicted octanol–water partition coefficient (Wildman–Crippen LogP) is 1.47. The minimum Gasteiger partial charge on any atom is -0.466 e. The number of alkyl halides is 1. The van der Waals surface area contributed by atoms with Gasteiger partial charge in [-0.05, 0) is 19.8 Å². The number of aliphatic hydroxyl groups is 1. The molecule has 1 atom stereocenters. The van der Waals surface area contributed by atoms with Crippen molar-refractivity contribution in [3.8, 4) is 0 Å². The molecule has 88 valence electrons. The van der Waals surface area contributed by atoms with Crippen molar-refractivity contribution in [3.05, 3.63) is 0 Å². The van der Waals surface area contributed by atoms with Crippen LogP contribution in [0.15, 0.2) is 0 Å². The minimum atomic E-state index is -0.461. The molecule has 5 heteroatoms. The molecule has 0 amide bonds. The Balaban J connectivity index is 3.53. The number of hydrogen-bond donors (Lipinski definition) is 1. The summed E-state index contributed by atoms with van der Waals surface area (Å²) in [5.74, 6) is -0.578. The molecule has 0 aromatic rings. The Bertz CT molecular complexity index is 206. The number of aliphatic hydroxyl groups excluding tert-OH is 1. The Morgan fingerprint density at radius 1 is 1.47 bits per heavy atom. The fraction of sp³-hybridized carbons (Fsp3) is 0.800. The van der Waals surface area contributed by atoms with Crippen LogP contribution < -0.4 is 0 Å². The van der Waals surface area contributed by atoms with E-state index >= 15 is 0 Å². The zero-order valence-electron chi connectivity index (χ0n) is 8.87. The van der Waals surface area contributed by atoms with Crippen LogP contribution in [0.25, 0.3) is 0 Å². The van der Waals surface area contributed by atoms with Gasteiger partial charge in [0.05, 0.1) is 12.7 Å². The molecule has 0 radical (unpaired) electrons. The van der Waals surface area contributed by atoms with Crippen molar-refractivity contribution in [2.75, 3.05) is 11.0 Å². The van der Waals surface area contributed by atoms with E-state index in [1.807, 2.05) is 0 Å². The van der Waals surface area contributed by atoms with E-state index in [-0.39, 0.29) is 18.3 Å². The van der Waals surface area contributed by atoms with Gasteiger partial charge in [0.25, 0.3) is 0 Å². The molecule has 15 heavy (non-hydrogen) atoms. The third kappa shape index (κ3) is 8.80. The average molecular weight is 328 g/mol. The standard InChI is InChI=1S/C10H17IO4/c1-2-15-10(14)6-8(12)4-3-5-9(13)7-11/h9,13H,2-7H2,1H3. The molecule has 0 heterocycles. The molecule has 0 aromatic heterocycles. The van der Waals surface area contributed by atoms with Crippen molar-refractivity contribution in [2.45, 2.75) is 38.7 Å². The van der Waals surface area contributed by atoms with Crippen LogP contribution in [0.3, 0.4) is 0 Å². The predicted molar refractivity (Wildman–Crippen MR) is 65.0 cm³/mol. The van der Waals surface area contributed by atoms with Gasteiger partial charge in [0, 0.05) is 10.8 Å². The SMILES string of the molecule is CCOC(=O)CC(=O)CCCC(O)CI. The highest BCUT2D eigenvalue weighted by Crippen LogP contribution is 2.05. The second-order valence-corrected chi connectivity index (χ2v) is 4.10. The van der Waals surface area contributed by atoms with E-state index in [4.69, 9.17) is 0 Å². The lowest BCUT2D eigenvalue weighted by Gasteiger charge is -2.05. The maximum absolute atomic E-state index is 11.2. The molecule has 0 saturated heterocycles. The third-order valence-corrected chi connectivity index (χ3v) is 2.83. The van der Waals surface area contributed by atoms with Crippen molar-refractivity contribution in [2.24, 2.45) is 0 Å². The summed E-state index contributed by atoms with van der Waals surface area (Å²) in [6, 6.07) is 0. The molecule has 0 bridgehead atoms. The van der Waals surface area contributed by atoms with Gasteiger partial charge >= 0.3 is 5.97 Å². The molecule has 0 fully saturated rings. The summed E-state index contributed by atoms with van der Waals surface area (Å²) in [5.41, 5.74) is 0. The number of Topliss-reactive ketones (excluding diaryl/α,β-unsaturated/α-hetero) is 1. The van der Waals surface area contributed by atoms with Crippen molar-refractivity contribution in [3.63, 3.8) is 0 Å². The van der Waals surface area contributed by atoms with E-state index in [0.29, 0.717) is 30.3 Å². The molecule has 0 aromatic carbocycles. The second-order valence-electron chi connectivity index (χ2n) is 3.22. The molecule has 0 rings (SSSR count). The first-order valence-corrected chi connectivity index (χ1v) is 6.54. The molecule has 0 saturated carbocycles. The highest BCUT2D eigenvalue weighted by atomic mass is 127. The molecule has 0 aliphatic heterocycles. The molecule has 1 unspecified atom stereocenters. The monoisotopic (exact) mass is 328 g/mol. The van der Waals surface area contributed by atoms with E-state index in [1.165, 1.54) is 0 Å². The first-order valence-electron chi connectivity index (χ1n) is 5.01. The quantitative estimate of drug-likeness (QED) is 0.317. The normalized spacial score (nSPS) is 12.2. The van der Waals surface area contributed by atoms with Crippen molar-refractivity contribution in [1.82, 2.24) is 0 Å². The van der Waals surface area contributed by atoms with Gasteiger partial charge in [-0.25, -0.2) is 0 Å². The smallest absolute Gasteiger partial charge is 0.313 e. The number of carbonyl (C=O) groups is 2. The highest BCUT2D eigenvalue weighted by Gasteiger charge is 2.10. The van der Waals surface area contributed by atoms with Gasteiger partial charge in [-0.2, -0.15) is 0 Å². The van der Waals surface area contributed by atoms with Gasteiger partial charge < -0.3 is 9.84 Å². The fourth-order valence-corrected chi connectivity index (χ4v) is 1.51. The lowest BCUT2D eigenvalue weighted by Crippen LogP contribution is -2.12. The lowest BCUT2D eigenvalue weighted by molar-refractivity contribution is -0.145. The summed E-state index contributed by atoms with van der Waals surface area (Å²) in [4.78, 5) is 22.1. The molecule has 4 nitrogen and oxygen atoms in total. The van der Waals surface area contributed by atoms with Gasteiger partial charge in [0.1, 0.15) is 12.2 Å². The molecule has 0 aliphatic rings. The van der Waals surface area contributed by atoms with Gasteiger partial charge in [-0.15, -0.1) is 0 Å². The third-order valence-electron chi connectivity index (χ3n) is 1.82. The largest absolute Gasteiger partial charge is 0.466 e. The Morgan fingerprint density at radius 2 is 2.13 bits per heavy atom. The number of halogens is 1. The zero-order valence-corrected chi connectivity index (χ0v) is 11.0. The van der Waals surface area contributed by atoms with Crippen LogP contribution in [-0.4, -0.2) is 34.0 Å². The van der Waals surface area contributed by atoms with E-state index in [2.05, 4.69) is 27.3 Å². The first-order chi connectivity index (χ1) is 7.10. The topological polar surface area (TPSA) is 63.6 Å². The Kier molecular flexibility index (Phi) is 8.98. The van der Waals surface area contributed by atoms with Crippen molar-refractivity contribution in [1.29, 1.82) is 0 Å². The number of ether oxygens (including phenoxy) is 1. The summed E-state index contributed by atoms with van der Waals surface area (Å²) in [5, 5.41) is 9.23. The average Bonchev–Trinajstić information content (AvgIpc) is 2.17.